The van der Waals surface area contributed by atoms with Gasteiger partial charge in [-0.25, -0.2) is 0 Å². The van der Waals surface area contributed by atoms with Crippen LogP contribution in [0.4, 0.5) is 5.69 Å². The monoisotopic (exact) mass is 528 g/mol. The number of esters is 1. The standard InChI is InChI=1S/C29H40N2O7/c1-5-17-30(20-11-13-21(36-4)14-12-20)26(34)24-29-16-15-28(3,38-29)23(27(35)37-6-2)22(29)25(33)31(24)18-9-7-8-10-19-32/h5,11-14,22-24,32H,1,6-10,15-19H2,2-4H3/t22-,23+,24?,28-,29?/m0/s1. The van der Waals surface area contributed by atoms with E-state index in [9.17, 15) is 14.4 Å². The lowest BCUT2D eigenvalue weighted by Gasteiger charge is -2.37. The molecular formula is C29H40N2O7. The molecule has 0 aromatic heterocycles. The van der Waals surface area contributed by atoms with Crippen LogP contribution in [0.5, 0.6) is 5.75 Å². The molecule has 4 rings (SSSR count). The Kier molecular flexibility index (Phi) is 8.47. The number of carbonyl (C=O) groups excluding carboxylic acids is 3. The van der Waals surface area contributed by atoms with E-state index in [1.54, 1.807) is 54.2 Å². The third-order valence-electron chi connectivity index (χ3n) is 8.32. The van der Waals surface area contributed by atoms with Gasteiger partial charge in [-0.2, -0.15) is 0 Å². The highest BCUT2D eigenvalue weighted by molar-refractivity contribution is 6.04. The zero-order chi connectivity index (χ0) is 27.5. The Hall–Kier alpha value is -2.91. The van der Waals surface area contributed by atoms with E-state index < -0.39 is 35.0 Å². The lowest BCUT2D eigenvalue weighted by Crippen LogP contribution is -2.56. The molecule has 1 N–H and O–H groups in total. The van der Waals surface area contributed by atoms with Gasteiger partial charge in [0.15, 0.2) is 0 Å². The molecule has 1 aromatic rings. The molecule has 1 aromatic carbocycles. The van der Waals surface area contributed by atoms with Crippen molar-refractivity contribution in [2.75, 3.05) is 38.3 Å². The number of amides is 2. The van der Waals surface area contributed by atoms with E-state index in [1.807, 2.05) is 6.92 Å². The molecule has 3 fully saturated rings. The number of aliphatic hydroxyl groups is 1. The average Bonchev–Trinajstić information content (AvgIpc) is 3.47. The molecule has 3 saturated heterocycles. The molecule has 3 heterocycles. The van der Waals surface area contributed by atoms with Crippen LogP contribution in [0, 0.1) is 11.8 Å². The first-order chi connectivity index (χ1) is 18.3. The van der Waals surface area contributed by atoms with E-state index in [2.05, 4.69) is 6.58 Å². The maximum atomic E-state index is 14.4. The molecule has 3 aliphatic rings. The summed E-state index contributed by atoms with van der Waals surface area (Å²) in [5.74, 6) is -1.78. The second-order valence-electron chi connectivity index (χ2n) is 10.6. The van der Waals surface area contributed by atoms with Crippen molar-refractivity contribution >= 4 is 23.5 Å². The summed E-state index contributed by atoms with van der Waals surface area (Å²) in [5.41, 5.74) is -1.30. The van der Waals surface area contributed by atoms with Crippen LogP contribution in [0.2, 0.25) is 0 Å². The van der Waals surface area contributed by atoms with Gasteiger partial charge in [0.25, 0.3) is 5.91 Å². The number of methoxy groups -OCH3 is 1. The Bertz CT molecular complexity index is 1040. The molecule has 5 atom stereocenters. The van der Waals surface area contributed by atoms with Crippen LogP contribution in [-0.4, -0.2) is 78.4 Å². The van der Waals surface area contributed by atoms with Crippen molar-refractivity contribution in [3.63, 3.8) is 0 Å². The predicted octanol–water partition coefficient (Wildman–Crippen LogP) is 3.09. The smallest absolute Gasteiger partial charge is 0.312 e. The number of hydrogen-bond acceptors (Lipinski definition) is 7. The molecule has 2 unspecified atom stereocenters. The van der Waals surface area contributed by atoms with Gasteiger partial charge in [-0.05, 0) is 63.8 Å². The lowest BCUT2D eigenvalue weighted by atomic mass is 9.66. The zero-order valence-corrected chi connectivity index (χ0v) is 22.7. The van der Waals surface area contributed by atoms with Crippen molar-refractivity contribution in [2.24, 2.45) is 11.8 Å². The minimum Gasteiger partial charge on any atom is -0.497 e. The van der Waals surface area contributed by atoms with Crippen LogP contribution in [0.15, 0.2) is 36.9 Å². The predicted molar refractivity (Wildman–Crippen MR) is 142 cm³/mol. The van der Waals surface area contributed by atoms with Crippen LogP contribution in [-0.2, 0) is 23.9 Å². The Morgan fingerprint density at radius 2 is 1.92 bits per heavy atom. The SMILES string of the molecule is C=CCN(C(=O)C1N(CCCCCCO)C(=O)[C@@H]2[C@H](C(=O)OCC)[C@]3(C)CCC12O3)c1ccc(OC)cc1. The first-order valence-electron chi connectivity index (χ1n) is 13.6. The number of hydrogen-bond donors (Lipinski definition) is 1. The summed E-state index contributed by atoms with van der Waals surface area (Å²) in [7, 11) is 1.58. The van der Waals surface area contributed by atoms with E-state index in [0.717, 1.165) is 12.8 Å². The molecule has 9 nitrogen and oxygen atoms in total. The number of rotatable bonds is 13. The molecular weight excluding hydrogens is 488 g/mol. The van der Waals surface area contributed by atoms with Gasteiger partial charge in [0.1, 0.15) is 23.3 Å². The number of carbonyl (C=O) groups is 3. The van der Waals surface area contributed by atoms with Crippen LogP contribution < -0.4 is 9.64 Å². The number of ether oxygens (including phenoxy) is 3. The number of fused-ring (bicyclic) bond motifs is 1. The van der Waals surface area contributed by atoms with Gasteiger partial charge >= 0.3 is 5.97 Å². The number of unbranched alkanes of at least 4 members (excludes halogenated alkanes) is 3. The summed E-state index contributed by atoms with van der Waals surface area (Å²) in [5, 5.41) is 9.12. The van der Waals surface area contributed by atoms with Crippen molar-refractivity contribution in [3.8, 4) is 5.75 Å². The minimum atomic E-state index is -1.10. The Labute approximate surface area is 224 Å². The lowest BCUT2D eigenvalue weighted by molar-refractivity contribution is -0.159. The van der Waals surface area contributed by atoms with Gasteiger partial charge in [0.05, 0.1) is 25.2 Å². The zero-order valence-electron chi connectivity index (χ0n) is 22.7. The molecule has 0 radical (unpaired) electrons. The maximum absolute atomic E-state index is 14.4. The van der Waals surface area contributed by atoms with Gasteiger partial charge in [-0.1, -0.05) is 18.9 Å². The molecule has 208 valence electrons. The Morgan fingerprint density at radius 1 is 1.21 bits per heavy atom. The summed E-state index contributed by atoms with van der Waals surface area (Å²) < 4.78 is 17.3. The van der Waals surface area contributed by atoms with Crippen LogP contribution >= 0.6 is 0 Å². The third-order valence-corrected chi connectivity index (χ3v) is 8.32. The van der Waals surface area contributed by atoms with E-state index in [1.165, 1.54) is 0 Å². The largest absolute Gasteiger partial charge is 0.497 e. The number of anilines is 1. The van der Waals surface area contributed by atoms with Gasteiger partial charge in [0.2, 0.25) is 5.91 Å². The summed E-state index contributed by atoms with van der Waals surface area (Å²) in [6.07, 6.45) is 5.76. The fraction of sp³-hybridized carbons (Fsp3) is 0.621. The summed E-state index contributed by atoms with van der Waals surface area (Å²) >= 11 is 0. The number of nitrogens with zero attached hydrogens (tertiary/aromatic N) is 2. The molecule has 0 aliphatic carbocycles. The summed E-state index contributed by atoms with van der Waals surface area (Å²) in [4.78, 5) is 44.9. The van der Waals surface area contributed by atoms with Gasteiger partial charge < -0.3 is 29.1 Å². The van der Waals surface area contributed by atoms with Crippen molar-refractivity contribution in [1.29, 1.82) is 0 Å². The number of aliphatic hydroxyl groups excluding tert-OH is 1. The van der Waals surface area contributed by atoms with Crippen LogP contribution in [0.1, 0.15) is 52.4 Å². The quantitative estimate of drug-likeness (QED) is 0.238. The molecule has 3 aliphatic heterocycles. The van der Waals surface area contributed by atoms with Crippen LogP contribution in [0.3, 0.4) is 0 Å². The fourth-order valence-corrected chi connectivity index (χ4v) is 6.64. The van der Waals surface area contributed by atoms with Gasteiger partial charge in [-0.15, -0.1) is 6.58 Å². The molecule has 2 amide bonds. The van der Waals surface area contributed by atoms with Crippen LogP contribution in [0.25, 0.3) is 0 Å². The van der Waals surface area contributed by atoms with Crippen molar-refractivity contribution in [1.82, 2.24) is 4.90 Å². The molecule has 9 heteroatoms. The summed E-state index contributed by atoms with van der Waals surface area (Å²) in [6, 6.07) is 6.31. The fourth-order valence-electron chi connectivity index (χ4n) is 6.64. The maximum Gasteiger partial charge on any atom is 0.312 e. The molecule has 0 saturated carbocycles. The Balaban J connectivity index is 1.72. The second-order valence-corrected chi connectivity index (χ2v) is 10.6. The van der Waals surface area contributed by atoms with E-state index >= 15 is 0 Å². The van der Waals surface area contributed by atoms with Gasteiger partial charge in [0, 0.05) is 25.4 Å². The highest BCUT2D eigenvalue weighted by atomic mass is 16.6. The number of benzene rings is 1. The normalized spacial score (nSPS) is 29.3. The summed E-state index contributed by atoms with van der Waals surface area (Å²) in [6.45, 7) is 8.41. The van der Waals surface area contributed by atoms with Crippen molar-refractivity contribution < 1.29 is 33.7 Å². The topological polar surface area (TPSA) is 106 Å². The van der Waals surface area contributed by atoms with Gasteiger partial charge in [-0.3, -0.25) is 14.4 Å². The third kappa shape index (κ3) is 4.71. The second kappa shape index (κ2) is 11.5. The first-order valence-corrected chi connectivity index (χ1v) is 13.6. The highest BCUT2D eigenvalue weighted by Gasteiger charge is 2.78. The van der Waals surface area contributed by atoms with E-state index in [4.69, 9.17) is 19.3 Å². The number of likely N-dealkylation sites (tertiary alicyclic amines) is 1. The first kappa shape index (κ1) is 28.1. The molecule has 2 bridgehead atoms. The van der Waals surface area contributed by atoms with Crippen molar-refractivity contribution in [2.45, 2.75) is 69.6 Å². The minimum absolute atomic E-state index is 0.126. The average molecular weight is 529 g/mol. The van der Waals surface area contributed by atoms with E-state index in [0.29, 0.717) is 43.7 Å². The van der Waals surface area contributed by atoms with E-state index in [-0.39, 0.29) is 31.6 Å². The highest BCUT2D eigenvalue weighted by Crippen LogP contribution is 2.63. The molecule has 1 spiro atoms. The Morgan fingerprint density at radius 3 is 2.55 bits per heavy atom. The molecule has 38 heavy (non-hydrogen) atoms. The van der Waals surface area contributed by atoms with Crippen molar-refractivity contribution in [3.05, 3.63) is 36.9 Å².